The predicted molar refractivity (Wildman–Crippen MR) is 108 cm³/mol. The summed E-state index contributed by atoms with van der Waals surface area (Å²) < 4.78 is 0. The number of nitrogens with one attached hydrogen (secondary N) is 2. The van der Waals surface area contributed by atoms with Gasteiger partial charge in [-0.2, -0.15) is 5.10 Å². The van der Waals surface area contributed by atoms with Crippen LogP contribution in [0.5, 0.6) is 0 Å². The normalized spacial score (nSPS) is 14.1. The summed E-state index contributed by atoms with van der Waals surface area (Å²) in [6.45, 7) is 3.74. The molecule has 3 aromatic rings. The van der Waals surface area contributed by atoms with Gasteiger partial charge in [0, 0.05) is 29.9 Å². The first-order valence-corrected chi connectivity index (χ1v) is 8.45. The number of para-hydroxylation sites is 1. The van der Waals surface area contributed by atoms with Crippen molar-refractivity contribution in [1.29, 1.82) is 0 Å². The Morgan fingerprint density at radius 2 is 2.04 bits per heavy atom. The van der Waals surface area contributed by atoms with Crippen LogP contribution in [0.1, 0.15) is 0 Å². The second-order valence-corrected chi connectivity index (χ2v) is 6.16. The van der Waals surface area contributed by atoms with E-state index in [1.54, 1.807) is 0 Å². The number of carbonyl (C=O) groups excluding carboxylic acids is 1. The largest absolute Gasteiger partial charge is 0.506 e. The molecule has 0 radical (unpaired) electrons. The van der Waals surface area contributed by atoms with Crippen LogP contribution in [0.4, 0.5) is 5.69 Å². The molecular formula is C21H18N4O2. The van der Waals surface area contributed by atoms with Crippen molar-refractivity contribution >= 4 is 28.2 Å². The molecule has 6 nitrogen and oxygen atoms in total. The summed E-state index contributed by atoms with van der Waals surface area (Å²) in [6, 6.07) is 15.8. The van der Waals surface area contributed by atoms with Crippen molar-refractivity contribution in [2.24, 2.45) is 5.10 Å². The Morgan fingerprint density at radius 3 is 2.85 bits per heavy atom. The quantitative estimate of drug-likeness (QED) is 0.668. The molecule has 2 aromatic carbocycles. The molecule has 1 aliphatic rings. The average molecular weight is 358 g/mol. The number of allylic oxidation sites excluding steroid dienone is 1. The molecule has 1 aromatic heterocycles. The molecule has 0 saturated heterocycles. The molecule has 0 atom stereocenters. The van der Waals surface area contributed by atoms with E-state index in [0.29, 0.717) is 0 Å². The molecule has 0 saturated carbocycles. The summed E-state index contributed by atoms with van der Waals surface area (Å²) in [5.74, 6) is -0.506. The monoisotopic (exact) mass is 358 g/mol. The van der Waals surface area contributed by atoms with E-state index in [1.807, 2.05) is 48.7 Å². The van der Waals surface area contributed by atoms with Gasteiger partial charge >= 0.3 is 0 Å². The molecule has 0 spiro atoms. The summed E-state index contributed by atoms with van der Waals surface area (Å²) in [5, 5.41) is 19.8. The van der Waals surface area contributed by atoms with Gasteiger partial charge in [0.1, 0.15) is 5.76 Å². The predicted octanol–water partition coefficient (Wildman–Crippen LogP) is 3.71. The zero-order valence-electron chi connectivity index (χ0n) is 14.7. The van der Waals surface area contributed by atoms with E-state index in [4.69, 9.17) is 0 Å². The van der Waals surface area contributed by atoms with E-state index < -0.39 is 5.91 Å². The fourth-order valence-corrected chi connectivity index (χ4v) is 3.07. The van der Waals surface area contributed by atoms with Crippen LogP contribution >= 0.6 is 0 Å². The number of aromatic amines is 1. The van der Waals surface area contributed by atoms with Crippen molar-refractivity contribution in [1.82, 2.24) is 10.3 Å². The highest BCUT2D eigenvalue weighted by molar-refractivity contribution is 6.46. The van der Waals surface area contributed by atoms with Crippen LogP contribution in [0.25, 0.3) is 22.0 Å². The van der Waals surface area contributed by atoms with Crippen LogP contribution in [0, 0.1) is 0 Å². The van der Waals surface area contributed by atoms with Gasteiger partial charge in [0.15, 0.2) is 5.71 Å². The number of carbonyl (C=O) groups is 1. The van der Waals surface area contributed by atoms with E-state index >= 15 is 0 Å². The number of hydrogen-bond acceptors (Lipinski definition) is 4. The van der Waals surface area contributed by atoms with Crippen molar-refractivity contribution < 1.29 is 9.90 Å². The molecule has 0 aliphatic carbocycles. The Kier molecular flexibility index (Phi) is 4.01. The summed E-state index contributed by atoms with van der Waals surface area (Å²) in [4.78, 5) is 15.3. The maximum Gasteiger partial charge on any atom is 0.272 e. The van der Waals surface area contributed by atoms with Crippen molar-refractivity contribution in [2.75, 3.05) is 12.1 Å². The first kappa shape index (κ1) is 16.7. The molecule has 134 valence electrons. The fraction of sp³-hybridized carbons (Fsp3) is 0.0476. The fourth-order valence-electron chi connectivity index (χ4n) is 3.07. The van der Waals surface area contributed by atoms with Crippen LogP contribution in [0.15, 0.2) is 83.9 Å². The summed E-state index contributed by atoms with van der Waals surface area (Å²) in [6.07, 6.45) is 3.36. The topological polar surface area (TPSA) is 80.7 Å². The molecule has 1 amide bonds. The molecule has 2 heterocycles. The smallest absolute Gasteiger partial charge is 0.272 e. The van der Waals surface area contributed by atoms with Gasteiger partial charge in [0.2, 0.25) is 0 Å². The van der Waals surface area contributed by atoms with E-state index in [-0.39, 0.29) is 17.0 Å². The van der Waals surface area contributed by atoms with Gasteiger partial charge in [0.25, 0.3) is 5.91 Å². The summed E-state index contributed by atoms with van der Waals surface area (Å²) >= 11 is 0. The molecular weight excluding hydrogens is 340 g/mol. The van der Waals surface area contributed by atoms with Gasteiger partial charge < -0.3 is 15.4 Å². The lowest BCUT2D eigenvalue weighted by Gasteiger charge is -2.24. The molecule has 0 fully saturated rings. The van der Waals surface area contributed by atoms with Gasteiger partial charge in [-0.1, -0.05) is 36.9 Å². The molecule has 0 unspecified atom stereocenters. The lowest BCUT2D eigenvalue weighted by atomic mass is 10.0. The number of aromatic nitrogens is 1. The van der Waals surface area contributed by atoms with Gasteiger partial charge in [0.05, 0.1) is 11.9 Å². The van der Waals surface area contributed by atoms with E-state index in [2.05, 4.69) is 28.0 Å². The number of aliphatic hydroxyl groups excluding tert-OH is 1. The van der Waals surface area contributed by atoms with Gasteiger partial charge in [-0.15, -0.1) is 0 Å². The Hall–Kier alpha value is -3.80. The number of amides is 1. The Morgan fingerprint density at radius 1 is 1.22 bits per heavy atom. The molecule has 4 rings (SSSR count). The second kappa shape index (κ2) is 6.49. The number of nitrogens with zero attached hydrogens (tertiary/aromatic N) is 2. The maximum atomic E-state index is 12.1. The number of rotatable bonds is 3. The van der Waals surface area contributed by atoms with Crippen molar-refractivity contribution in [3.63, 3.8) is 0 Å². The van der Waals surface area contributed by atoms with E-state index in [0.717, 1.165) is 27.7 Å². The Labute approximate surface area is 156 Å². The number of H-pyrrole nitrogens is 1. The highest BCUT2D eigenvalue weighted by atomic mass is 16.3. The van der Waals surface area contributed by atoms with Crippen LogP contribution in [0.2, 0.25) is 0 Å². The number of benzene rings is 2. The Balaban J connectivity index is 1.84. The SMILES string of the molecule is C=C1C(O)=CN(c2ccccc2-c2ccc3cc[nH]c3c2)N=C1C(=O)NC. The van der Waals surface area contributed by atoms with Crippen molar-refractivity contribution in [2.45, 2.75) is 0 Å². The van der Waals surface area contributed by atoms with Crippen LogP contribution in [-0.4, -0.2) is 28.8 Å². The highest BCUT2D eigenvalue weighted by Gasteiger charge is 2.24. The van der Waals surface area contributed by atoms with Gasteiger partial charge in [-0.25, -0.2) is 5.01 Å². The van der Waals surface area contributed by atoms with E-state index in [9.17, 15) is 9.90 Å². The van der Waals surface area contributed by atoms with Crippen LogP contribution < -0.4 is 10.3 Å². The minimum atomic E-state index is -0.407. The third-order valence-electron chi connectivity index (χ3n) is 4.51. The first-order valence-electron chi connectivity index (χ1n) is 8.45. The molecule has 1 aliphatic heterocycles. The van der Waals surface area contributed by atoms with Gasteiger partial charge in [-0.3, -0.25) is 4.79 Å². The summed E-state index contributed by atoms with van der Waals surface area (Å²) in [5.41, 5.74) is 3.95. The van der Waals surface area contributed by atoms with Crippen LogP contribution in [-0.2, 0) is 4.79 Å². The van der Waals surface area contributed by atoms with Gasteiger partial charge in [-0.05, 0) is 29.1 Å². The van der Waals surface area contributed by atoms with E-state index in [1.165, 1.54) is 18.3 Å². The average Bonchev–Trinajstić information content (AvgIpc) is 3.17. The zero-order chi connectivity index (χ0) is 19.0. The number of aliphatic hydroxyl groups is 1. The van der Waals surface area contributed by atoms with Crippen LogP contribution in [0.3, 0.4) is 0 Å². The summed E-state index contributed by atoms with van der Waals surface area (Å²) in [7, 11) is 1.51. The number of anilines is 1. The first-order chi connectivity index (χ1) is 13.1. The number of fused-ring (bicyclic) bond motifs is 1. The number of hydrogen-bond donors (Lipinski definition) is 3. The molecule has 6 heteroatoms. The lowest BCUT2D eigenvalue weighted by Crippen LogP contribution is -2.33. The molecule has 27 heavy (non-hydrogen) atoms. The minimum absolute atomic E-state index is 0.0760. The second-order valence-electron chi connectivity index (χ2n) is 6.16. The zero-order valence-corrected chi connectivity index (χ0v) is 14.7. The maximum absolute atomic E-state index is 12.1. The number of hydrazone groups is 1. The third-order valence-corrected chi connectivity index (χ3v) is 4.51. The Bertz CT molecular complexity index is 1120. The molecule has 0 bridgehead atoms. The molecule has 3 N–H and O–H groups in total. The van der Waals surface area contributed by atoms with Crippen molar-refractivity contribution in [3.05, 3.63) is 78.8 Å². The minimum Gasteiger partial charge on any atom is -0.506 e. The highest BCUT2D eigenvalue weighted by Crippen LogP contribution is 2.34. The van der Waals surface area contributed by atoms with Crippen molar-refractivity contribution in [3.8, 4) is 11.1 Å². The lowest BCUT2D eigenvalue weighted by molar-refractivity contribution is -0.114. The third kappa shape index (κ3) is 2.87. The standard InChI is InChI=1S/C21H18N4O2/c1-13-19(26)12-25(24-20(13)21(27)22-2)18-6-4-3-5-16(18)15-8-7-14-9-10-23-17(14)11-15/h3-12,23,26H,1H2,2H3,(H,22,27).